The van der Waals surface area contributed by atoms with Crippen LogP contribution >= 0.6 is 31.6 Å². The first kappa shape index (κ1) is 11.5. The first-order valence-electron chi connectivity index (χ1n) is 1.93. The fourth-order valence-corrected chi connectivity index (χ4v) is 0.881. The van der Waals surface area contributed by atoms with Gasteiger partial charge in [0.15, 0.2) is 0 Å². The van der Waals surface area contributed by atoms with Gasteiger partial charge in [-0.25, -0.2) is 0 Å². The van der Waals surface area contributed by atoms with Crippen LogP contribution in [0.1, 0.15) is 0 Å². The summed E-state index contributed by atoms with van der Waals surface area (Å²) in [5.74, 6) is 1.15. The molecule has 8 heavy (non-hydrogen) atoms. The molecule has 0 spiro atoms. The average Bonchev–Trinajstić information content (AvgIpc) is 1.72. The van der Waals surface area contributed by atoms with Gasteiger partial charge in [-0.1, -0.05) is 18.2 Å². The summed E-state index contributed by atoms with van der Waals surface area (Å²) < 4.78 is 0. The molecule has 1 aliphatic rings. The Balaban J connectivity index is 0. The summed E-state index contributed by atoms with van der Waals surface area (Å²) in [6.07, 6.45) is 6.26. The summed E-state index contributed by atoms with van der Waals surface area (Å²) in [6.45, 7) is 0. The van der Waals surface area contributed by atoms with Crippen molar-refractivity contribution in [3.8, 4) is 0 Å². The zero-order valence-corrected chi connectivity index (χ0v) is 6.92. The van der Waals surface area contributed by atoms with E-state index in [9.17, 15) is 0 Å². The van der Waals surface area contributed by atoms with E-state index >= 15 is 0 Å². The minimum Gasteiger partial charge on any atom is -0.130 e. The van der Waals surface area contributed by atoms with Gasteiger partial charge in [-0.3, -0.25) is 0 Å². The van der Waals surface area contributed by atoms with Crippen LogP contribution in [0.15, 0.2) is 23.6 Å². The largest absolute Gasteiger partial charge is 0.130 e. The average molecular weight is 160 g/mol. The van der Waals surface area contributed by atoms with E-state index in [1.54, 1.807) is 0 Å². The first-order chi connectivity index (χ1) is 3.00. The van der Waals surface area contributed by atoms with E-state index in [4.69, 9.17) is 0 Å². The molecule has 0 saturated carbocycles. The maximum Gasteiger partial charge on any atom is 0.0157 e. The second-order valence-corrected chi connectivity index (χ2v) is 2.03. The van der Waals surface area contributed by atoms with Crippen molar-refractivity contribution in [1.82, 2.24) is 0 Å². The molecule has 0 aromatic heterocycles. The van der Waals surface area contributed by atoms with Gasteiger partial charge >= 0.3 is 0 Å². The highest BCUT2D eigenvalue weighted by molar-refractivity contribution is 8.02. The van der Waals surface area contributed by atoms with Crippen LogP contribution in [-0.2, 0) is 0 Å². The predicted octanol–water partition coefficient (Wildman–Crippen LogP) is 3.53. The maximum atomic E-state index is 2.14. The SMILES string of the molecule is C1=CCSC=C1.[P].[P]. The Kier molecular flexibility index (Phi) is 11.0. The summed E-state index contributed by atoms with van der Waals surface area (Å²) in [4.78, 5) is 0. The van der Waals surface area contributed by atoms with Crippen LogP contribution in [0.4, 0.5) is 0 Å². The standard InChI is InChI=1S/C5H6S.2P/c1-2-4-6-5-3-1;;/h1-4H,5H2;;. The molecule has 0 atom stereocenters. The van der Waals surface area contributed by atoms with Crippen LogP contribution in [0.3, 0.4) is 0 Å². The minimum atomic E-state index is 0. The molecule has 0 aromatic carbocycles. The number of hydrogen-bond acceptors (Lipinski definition) is 1. The summed E-state index contributed by atoms with van der Waals surface area (Å²) in [6, 6.07) is 0. The van der Waals surface area contributed by atoms with E-state index in [0.29, 0.717) is 0 Å². The maximum absolute atomic E-state index is 2.14. The molecule has 0 bridgehead atoms. The number of hydrogen-bond donors (Lipinski definition) is 0. The summed E-state index contributed by atoms with van der Waals surface area (Å²) in [7, 11) is 0. The van der Waals surface area contributed by atoms with Crippen molar-refractivity contribution < 1.29 is 0 Å². The molecule has 0 fully saturated rings. The highest BCUT2D eigenvalue weighted by atomic mass is 32.2. The molecule has 3 heteroatoms. The molecule has 0 aliphatic carbocycles. The summed E-state index contributed by atoms with van der Waals surface area (Å²) >= 11 is 1.83. The third-order valence-corrected chi connectivity index (χ3v) is 1.35. The third kappa shape index (κ3) is 4.84. The quantitative estimate of drug-likeness (QED) is 0.488. The second kappa shape index (κ2) is 7.69. The lowest BCUT2D eigenvalue weighted by molar-refractivity contribution is 1.74. The molecule has 0 nitrogen and oxygen atoms in total. The van der Waals surface area contributed by atoms with E-state index in [0.717, 1.165) is 5.75 Å². The molecule has 0 amide bonds. The molecule has 6 radical (unpaired) electrons. The fraction of sp³-hybridized carbons (Fsp3) is 0.200. The van der Waals surface area contributed by atoms with Gasteiger partial charge in [0.25, 0.3) is 0 Å². The lowest BCUT2D eigenvalue weighted by atomic mass is 10.5. The molecule has 0 aromatic rings. The van der Waals surface area contributed by atoms with Crippen molar-refractivity contribution in [3.05, 3.63) is 23.6 Å². The zero-order chi connectivity index (χ0) is 4.24. The Labute approximate surface area is 61.4 Å². The van der Waals surface area contributed by atoms with Crippen LogP contribution < -0.4 is 0 Å². The monoisotopic (exact) mass is 160 g/mol. The molecular weight excluding hydrogens is 154 g/mol. The van der Waals surface area contributed by atoms with Crippen molar-refractivity contribution in [2.45, 2.75) is 0 Å². The summed E-state index contributed by atoms with van der Waals surface area (Å²) in [5.41, 5.74) is 0. The molecule has 0 unspecified atom stereocenters. The molecule has 1 aliphatic heterocycles. The molecule has 42 valence electrons. The van der Waals surface area contributed by atoms with Crippen LogP contribution in [0.2, 0.25) is 0 Å². The lowest BCUT2D eigenvalue weighted by Gasteiger charge is -1.88. The van der Waals surface area contributed by atoms with Gasteiger partial charge in [-0.15, -0.1) is 11.8 Å². The van der Waals surface area contributed by atoms with Crippen molar-refractivity contribution in [3.63, 3.8) is 0 Å². The predicted molar refractivity (Wildman–Crippen MR) is 44.6 cm³/mol. The Morgan fingerprint density at radius 3 is 2.00 bits per heavy atom. The van der Waals surface area contributed by atoms with Crippen molar-refractivity contribution in [2.24, 2.45) is 0 Å². The smallest absolute Gasteiger partial charge is 0.0157 e. The van der Waals surface area contributed by atoms with Crippen LogP contribution in [0.5, 0.6) is 0 Å². The highest BCUT2D eigenvalue weighted by Crippen LogP contribution is 2.05. The van der Waals surface area contributed by atoms with E-state index < -0.39 is 0 Å². The normalized spacial score (nSPS) is 14.0. The Morgan fingerprint density at radius 1 is 1.12 bits per heavy atom. The Bertz CT molecular complexity index is 76.4. The van der Waals surface area contributed by atoms with Gasteiger partial charge in [0, 0.05) is 25.6 Å². The van der Waals surface area contributed by atoms with Gasteiger partial charge in [-0.2, -0.15) is 0 Å². The number of thioether (sulfide) groups is 1. The lowest BCUT2D eigenvalue weighted by Crippen LogP contribution is -1.67. The molecule has 1 rings (SSSR count). The highest BCUT2D eigenvalue weighted by Gasteiger charge is 1.77. The molecule has 0 saturated heterocycles. The van der Waals surface area contributed by atoms with E-state index in [2.05, 4.69) is 17.6 Å². The minimum absolute atomic E-state index is 0. The third-order valence-electron chi connectivity index (χ3n) is 0.614. The fourth-order valence-electron chi connectivity index (χ4n) is 0.346. The Hall–Kier alpha value is 0.690. The van der Waals surface area contributed by atoms with Crippen LogP contribution in [-0.4, -0.2) is 5.75 Å². The second-order valence-electron chi connectivity index (χ2n) is 1.09. The van der Waals surface area contributed by atoms with Crippen molar-refractivity contribution >= 4 is 31.6 Å². The van der Waals surface area contributed by atoms with Crippen LogP contribution in [0.25, 0.3) is 0 Å². The first-order valence-corrected chi connectivity index (χ1v) is 2.98. The van der Waals surface area contributed by atoms with Gasteiger partial charge < -0.3 is 0 Å². The van der Waals surface area contributed by atoms with E-state index in [-0.39, 0.29) is 19.8 Å². The van der Waals surface area contributed by atoms with Crippen LogP contribution in [0, 0.1) is 0 Å². The van der Waals surface area contributed by atoms with Gasteiger partial charge in [-0.05, 0) is 5.41 Å². The topological polar surface area (TPSA) is 0 Å². The van der Waals surface area contributed by atoms with Gasteiger partial charge in [0.1, 0.15) is 0 Å². The van der Waals surface area contributed by atoms with Crippen molar-refractivity contribution in [1.29, 1.82) is 0 Å². The summed E-state index contributed by atoms with van der Waals surface area (Å²) in [5, 5.41) is 2.10. The van der Waals surface area contributed by atoms with Gasteiger partial charge in [0.2, 0.25) is 0 Å². The zero-order valence-electron chi connectivity index (χ0n) is 4.32. The Morgan fingerprint density at radius 2 is 1.88 bits per heavy atom. The molecule has 1 heterocycles. The molecule has 0 N–H and O–H groups in total. The molecular formula is C5H6P2S. The van der Waals surface area contributed by atoms with Gasteiger partial charge in [0.05, 0.1) is 0 Å². The van der Waals surface area contributed by atoms with E-state index in [1.807, 2.05) is 17.8 Å². The number of allylic oxidation sites excluding steroid dienone is 2. The van der Waals surface area contributed by atoms with E-state index in [1.165, 1.54) is 0 Å². The number of rotatable bonds is 0. The van der Waals surface area contributed by atoms with Crippen molar-refractivity contribution in [2.75, 3.05) is 5.75 Å².